The molecule has 0 aromatic heterocycles. The number of aliphatic hydroxyl groups is 1. The molecule has 0 aromatic rings. The smallest absolute Gasteiger partial charge is 0.0586 e. The summed E-state index contributed by atoms with van der Waals surface area (Å²) in [6.07, 6.45) is 1.16. The summed E-state index contributed by atoms with van der Waals surface area (Å²) in [6, 6.07) is 0.431. The van der Waals surface area contributed by atoms with Gasteiger partial charge in [0, 0.05) is 12.6 Å². The Morgan fingerprint density at radius 2 is 2.33 bits per heavy atom. The minimum atomic E-state index is 0.320. The highest BCUT2D eigenvalue weighted by Gasteiger charge is 2.25. The van der Waals surface area contributed by atoms with Gasteiger partial charge in [0.15, 0.2) is 0 Å². The number of likely N-dealkylation sites (N-methyl/N-ethyl adjacent to an activating group) is 1. The zero-order valence-corrected chi connectivity index (χ0v) is 6.17. The molecule has 9 heavy (non-hydrogen) atoms. The fourth-order valence-electron chi connectivity index (χ4n) is 1.57. The van der Waals surface area contributed by atoms with Gasteiger partial charge in [-0.25, -0.2) is 0 Å². The SMILES string of the molecule is CC1C[C@@H](CO)N(C)C1. The molecule has 1 aliphatic heterocycles. The Morgan fingerprint density at radius 1 is 1.67 bits per heavy atom. The Balaban J connectivity index is 2.38. The molecule has 0 radical (unpaired) electrons. The number of hydrogen-bond donors (Lipinski definition) is 1. The first-order chi connectivity index (χ1) is 4.24. The lowest BCUT2D eigenvalue weighted by molar-refractivity contribution is 0.182. The summed E-state index contributed by atoms with van der Waals surface area (Å²) < 4.78 is 0. The topological polar surface area (TPSA) is 23.5 Å². The molecule has 0 aromatic carbocycles. The van der Waals surface area contributed by atoms with Gasteiger partial charge in [0.2, 0.25) is 0 Å². The Kier molecular flexibility index (Phi) is 2.09. The van der Waals surface area contributed by atoms with Crippen LogP contribution in [0.2, 0.25) is 0 Å². The third-order valence-electron chi connectivity index (χ3n) is 2.11. The van der Waals surface area contributed by atoms with E-state index in [0.29, 0.717) is 12.6 Å². The van der Waals surface area contributed by atoms with Gasteiger partial charge in [-0.3, -0.25) is 0 Å². The molecule has 2 nitrogen and oxygen atoms in total. The molecular formula is C7H15NO. The van der Waals surface area contributed by atoms with Crippen molar-refractivity contribution in [1.29, 1.82) is 0 Å². The lowest BCUT2D eigenvalue weighted by atomic mass is 10.1. The average molecular weight is 129 g/mol. The molecule has 1 N–H and O–H groups in total. The predicted molar refractivity (Wildman–Crippen MR) is 37.3 cm³/mol. The summed E-state index contributed by atoms with van der Waals surface area (Å²) in [5.41, 5.74) is 0. The molecule has 0 saturated carbocycles. The van der Waals surface area contributed by atoms with Crippen LogP contribution in [0.1, 0.15) is 13.3 Å². The van der Waals surface area contributed by atoms with Crippen molar-refractivity contribution in [3.8, 4) is 0 Å². The van der Waals surface area contributed by atoms with Crippen LogP contribution >= 0.6 is 0 Å². The average Bonchev–Trinajstić information content (AvgIpc) is 2.10. The van der Waals surface area contributed by atoms with Gasteiger partial charge >= 0.3 is 0 Å². The van der Waals surface area contributed by atoms with E-state index < -0.39 is 0 Å². The quantitative estimate of drug-likeness (QED) is 0.551. The third kappa shape index (κ3) is 1.43. The summed E-state index contributed by atoms with van der Waals surface area (Å²) in [5.74, 6) is 0.771. The fraction of sp³-hybridized carbons (Fsp3) is 1.00. The van der Waals surface area contributed by atoms with Crippen molar-refractivity contribution in [2.45, 2.75) is 19.4 Å². The van der Waals surface area contributed by atoms with E-state index in [1.54, 1.807) is 0 Å². The molecule has 1 aliphatic rings. The second kappa shape index (κ2) is 2.67. The molecule has 0 amide bonds. The maximum Gasteiger partial charge on any atom is 0.0586 e. The third-order valence-corrected chi connectivity index (χ3v) is 2.11. The van der Waals surface area contributed by atoms with E-state index in [-0.39, 0.29) is 0 Å². The molecule has 0 spiro atoms. The van der Waals surface area contributed by atoms with Crippen LogP contribution in [-0.4, -0.2) is 36.2 Å². The van der Waals surface area contributed by atoms with Crippen LogP contribution < -0.4 is 0 Å². The van der Waals surface area contributed by atoms with E-state index >= 15 is 0 Å². The molecule has 0 bridgehead atoms. The number of nitrogens with zero attached hydrogens (tertiary/aromatic N) is 1. The molecule has 0 aliphatic carbocycles. The van der Waals surface area contributed by atoms with Gasteiger partial charge in [0.05, 0.1) is 6.61 Å². The highest BCUT2D eigenvalue weighted by Crippen LogP contribution is 2.19. The molecular weight excluding hydrogens is 114 g/mol. The predicted octanol–water partition coefficient (Wildman–Crippen LogP) is 0.319. The molecule has 1 saturated heterocycles. The zero-order chi connectivity index (χ0) is 6.85. The maximum atomic E-state index is 8.81. The van der Waals surface area contributed by atoms with Crippen molar-refractivity contribution in [1.82, 2.24) is 4.90 Å². The van der Waals surface area contributed by atoms with Gasteiger partial charge in [-0.15, -0.1) is 0 Å². The normalized spacial score (nSPS) is 37.7. The van der Waals surface area contributed by atoms with Crippen molar-refractivity contribution < 1.29 is 5.11 Å². The van der Waals surface area contributed by atoms with Crippen molar-refractivity contribution in [3.63, 3.8) is 0 Å². The zero-order valence-electron chi connectivity index (χ0n) is 6.17. The molecule has 1 rings (SSSR count). The molecule has 1 fully saturated rings. The van der Waals surface area contributed by atoms with Crippen molar-refractivity contribution in [2.24, 2.45) is 5.92 Å². The van der Waals surface area contributed by atoms with Gasteiger partial charge in [0.25, 0.3) is 0 Å². The van der Waals surface area contributed by atoms with Crippen molar-refractivity contribution >= 4 is 0 Å². The number of rotatable bonds is 1. The van der Waals surface area contributed by atoms with E-state index in [1.807, 2.05) is 0 Å². The monoisotopic (exact) mass is 129 g/mol. The van der Waals surface area contributed by atoms with E-state index in [4.69, 9.17) is 5.11 Å². The Hall–Kier alpha value is -0.0800. The van der Waals surface area contributed by atoms with E-state index in [1.165, 1.54) is 0 Å². The summed E-state index contributed by atoms with van der Waals surface area (Å²) in [6.45, 7) is 3.69. The van der Waals surface area contributed by atoms with Crippen LogP contribution in [-0.2, 0) is 0 Å². The Labute approximate surface area is 56.5 Å². The van der Waals surface area contributed by atoms with Crippen LogP contribution in [0.4, 0.5) is 0 Å². The Morgan fingerprint density at radius 3 is 2.56 bits per heavy atom. The Bertz CT molecular complexity index is 94.9. The minimum absolute atomic E-state index is 0.320. The lowest BCUT2D eigenvalue weighted by Crippen LogP contribution is -2.27. The second-order valence-corrected chi connectivity index (χ2v) is 3.12. The van der Waals surface area contributed by atoms with E-state index in [2.05, 4.69) is 18.9 Å². The molecule has 1 unspecified atom stereocenters. The largest absolute Gasteiger partial charge is 0.395 e. The number of hydrogen-bond acceptors (Lipinski definition) is 2. The summed E-state index contributed by atoms with van der Waals surface area (Å²) >= 11 is 0. The summed E-state index contributed by atoms with van der Waals surface area (Å²) in [5, 5.41) is 8.81. The summed E-state index contributed by atoms with van der Waals surface area (Å²) in [7, 11) is 2.07. The first kappa shape index (κ1) is 7.03. The fourth-order valence-corrected chi connectivity index (χ4v) is 1.57. The van der Waals surface area contributed by atoms with E-state index in [9.17, 15) is 0 Å². The van der Waals surface area contributed by atoms with Crippen LogP contribution in [0.15, 0.2) is 0 Å². The standard InChI is InChI=1S/C7H15NO/c1-6-3-7(5-9)8(2)4-6/h6-7,9H,3-5H2,1-2H3/t6?,7-/m0/s1. The summed E-state index contributed by atoms with van der Waals surface area (Å²) in [4.78, 5) is 2.23. The lowest BCUT2D eigenvalue weighted by Gasteiger charge is -2.15. The second-order valence-electron chi connectivity index (χ2n) is 3.12. The van der Waals surface area contributed by atoms with Gasteiger partial charge in [-0.2, -0.15) is 0 Å². The first-order valence-electron chi connectivity index (χ1n) is 3.55. The highest BCUT2D eigenvalue weighted by molar-refractivity contribution is 4.79. The van der Waals surface area contributed by atoms with Crippen molar-refractivity contribution in [3.05, 3.63) is 0 Å². The molecule has 54 valence electrons. The first-order valence-corrected chi connectivity index (χ1v) is 3.55. The van der Waals surface area contributed by atoms with Gasteiger partial charge in [-0.1, -0.05) is 6.92 Å². The van der Waals surface area contributed by atoms with Crippen LogP contribution in [0.25, 0.3) is 0 Å². The molecule has 2 heteroatoms. The number of aliphatic hydroxyl groups excluding tert-OH is 1. The van der Waals surface area contributed by atoms with Crippen LogP contribution in [0, 0.1) is 5.92 Å². The van der Waals surface area contributed by atoms with Gasteiger partial charge < -0.3 is 10.0 Å². The van der Waals surface area contributed by atoms with E-state index in [0.717, 1.165) is 18.9 Å². The highest BCUT2D eigenvalue weighted by atomic mass is 16.3. The van der Waals surface area contributed by atoms with Gasteiger partial charge in [-0.05, 0) is 19.4 Å². The van der Waals surface area contributed by atoms with Crippen LogP contribution in [0.3, 0.4) is 0 Å². The molecule has 1 heterocycles. The van der Waals surface area contributed by atoms with Crippen molar-refractivity contribution in [2.75, 3.05) is 20.2 Å². The van der Waals surface area contributed by atoms with Gasteiger partial charge in [0.1, 0.15) is 0 Å². The number of likely N-dealkylation sites (tertiary alicyclic amines) is 1. The maximum absolute atomic E-state index is 8.81. The minimum Gasteiger partial charge on any atom is -0.395 e. The molecule has 2 atom stereocenters. The van der Waals surface area contributed by atoms with Crippen LogP contribution in [0.5, 0.6) is 0 Å².